The third-order valence-corrected chi connectivity index (χ3v) is 2.34. The van der Waals surface area contributed by atoms with E-state index in [1.165, 1.54) is 0 Å². The molecule has 0 atom stereocenters. The molecule has 1 aromatic carbocycles. The highest BCUT2D eigenvalue weighted by molar-refractivity contribution is 5.36. The molecule has 0 spiro atoms. The molecule has 2 N–H and O–H groups in total. The first kappa shape index (κ1) is 11.6. The fourth-order valence-electron chi connectivity index (χ4n) is 1.47. The molecule has 0 aliphatic rings. The van der Waals surface area contributed by atoms with E-state index in [0.717, 1.165) is 5.56 Å². The number of hydrogen-bond donors (Lipinski definition) is 2. The number of aromatic nitrogens is 1. The van der Waals surface area contributed by atoms with Gasteiger partial charge in [0.1, 0.15) is 11.5 Å². The molecule has 17 heavy (non-hydrogen) atoms. The topological polar surface area (TPSA) is 62.6 Å². The second-order valence-electron chi connectivity index (χ2n) is 3.55. The largest absolute Gasteiger partial charge is 0.457 e. The average molecular weight is 231 g/mol. The minimum absolute atomic E-state index is 0.0274. The fraction of sp³-hybridized carbons (Fsp3) is 0.154. The lowest BCUT2D eigenvalue weighted by Crippen LogP contribution is -1.93. The molecular formula is C13H13NO3. The van der Waals surface area contributed by atoms with Crippen LogP contribution >= 0.6 is 0 Å². The molecule has 4 nitrogen and oxygen atoms in total. The number of ether oxygens (including phenoxy) is 1. The number of nitrogens with zero attached hydrogens (tertiary/aromatic N) is 1. The Balaban J connectivity index is 2.24. The summed E-state index contributed by atoms with van der Waals surface area (Å²) in [4.78, 5) is 3.91. The summed E-state index contributed by atoms with van der Waals surface area (Å²) in [5.41, 5.74) is 1.41. The number of aliphatic hydroxyl groups is 2. The molecule has 0 fully saturated rings. The molecule has 0 aliphatic heterocycles. The highest BCUT2D eigenvalue weighted by Crippen LogP contribution is 2.25. The Labute approximate surface area is 99.1 Å². The van der Waals surface area contributed by atoms with E-state index >= 15 is 0 Å². The lowest BCUT2D eigenvalue weighted by Gasteiger charge is -2.09. The average Bonchev–Trinajstić information content (AvgIpc) is 2.39. The summed E-state index contributed by atoms with van der Waals surface area (Å²) in [5.74, 6) is 1.19. The van der Waals surface area contributed by atoms with Crippen molar-refractivity contribution >= 4 is 0 Å². The van der Waals surface area contributed by atoms with Gasteiger partial charge in [0.05, 0.1) is 13.2 Å². The minimum atomic E-state index is -0.122. The summed E-state index contributed by atoms with van der Waals surface area (Å²) < 4.78 is 5.63. The molecule has 0 saturated heterocycles. The van der Waals surface area contributed by atoms with Crippen LogP contribution in [0.2, 0.25) is 0 Å². The van der Waals surface area contributed by atoms with Crippen molar-refractivity contribution in [2.75, 3.05) is 0 Å². The molecule has 0 radical (unpaired) electrons. The first-order valence-electron chi connectivity index (χ1n) is 5.25. The first-order valence-corrected chi connectivity index (χ1v) is 5.25. The van der Waals surface area contributed by atoms with Crippen molar-refractivity contribution < 1.29 is 14.9 Å². The molecular weight excluding hydrogens is 218 g/mol. The molecule has 88 valence electrons. The van der Waals surface area contributed by atoms with E-state index in [2.05, 4.69) is 4.98 Å². The molecule has 0 bridgehead atoms. The van der Waals surface area contributed by atoms with Gasteiger partial charge in [-0.3, -0.25) is 4.98 Å². The monoisotopic (exact) mass is 231 g/mol. The zero-order chi connectivity index (χ0) is 12.1. The summed E-state index contributed by atoms with van der Waals surface area (Å²) in [6.07, 6.45) is 3.16. The summed E-state index contributed by atoms with van der Waals surface area (Å²) in [5, 5.41) is 18.2. The van der Waals surface area contributed by atoms with Gasteiger partial charge in [-0.25, -0.2) is 0 Å². The van der Waals surface area contributed by atoms with Gasteiger partial charge < -0.3 is 14.9 Å². The highest BCUT2D eigenvalue weighted by atomic mass is 16.5. The zero-order valence-electron chi connectivity index (χ0n) is 9.21. The Morgan fingerprint density at radius 2 is 2.00 bits per heavy atom. The number of benzene rings is 1. The molecule has 1 heterocycles. The van der Waals surface area contributed by atoms with Gasteiger partial charge in [-0.1, -0.05) is 12.1 Å². The van der Waals surface area contributed by atoms with Gasteiger partial charge >= 0.3 is 0 Å². The molecule has 1 aromatic heterocycles. The summed E-state index contributed by atoms with van der Waals surface area (Å²) in [6, 6.07) is 8.85. The van der Waals surface area contributed by atoms with Crippen LogP contribution in [0.25, 0.3) is 0 Å². The number of aliphatic hydroxyl groups excluding tert-OH is 2. The van der Waals surface area contributed by atoms with Crippen LogP contribution in [0.5, 0.6) is 11.5 Å². The normalized spacial score (nSPS) is 10.2. The van der Waals surface area contributed by atoms with E-state index in [9.17, 15) is 0 Å². The van der Waals surface area contributed by atoms with Crippen LogP contribution in [0.15, 0.2) is 42.7 Å². The molecule has 4 heteroatoms. The third kappa shape index (κ3) is 2.81. The van der Waals surface area contributed by atoms with Gasteiger partial charge in [0, 0.05) is 18.0 Å². The maximum absolute atomic E-state index is 9.14. The van der Waals surface area contributed by atoms with Crippen LogP contribution in [0.4, 0.5) is 0 Å². The highest BCUT2D eigenvalue weighted by Gasteiger charge is 2.04. The van der Waals surface area contributed by atoms with Gasteiger partial charge in [-0.05, 0) is 23.8 Å². The molecule has 0 aliphatic carbocycles. The van der Waals surface area contributed by atoms with Crippen LogP contribution in [0.3, 0.4) is 0 Å². The van der Waals surface area contributed by atoms with Gasteiger partial charge in [0.15, 0.2) is 0 Å². The second kappa shape index (κ2) is 5.43. The Hall–Kier alpha value is -1.91. The van der Waals surface area contributed by atoms with Gasteiger partial charge in [0.25, 0.3) is 0 Å². The van der Waals surface area contributed by atoms with Crippen molar-refractivity contribution in [3.05, 3.63) is 53.9 Å². The third-order valence-electron chi connectivity index (χ3n) is 2.34. The van der Waals surface area contributed by atoms with Gasteiger partial charge in [-0.15, -0.1) is 0 Å². The van der Waals surface area contributed by atoms with Crippen LogP contribution in [0, 0.1) is 0 Å². The standard InChI is InChI=1S/C13H13NO3/c15-8-10-2-1-3-12(6-10)17-13-4-5-14-7-11(13)9-16/h1-7,15-16H,8-9H2. The maximum atomic E-state index is 9.14. The second-order valence-corrected chi connectivity index (χ2v) is 3.55. The molecule has 0 unspecified atom stereocenters. The minimum Gasteiger partial charge on any atom is -0.457 e. The van der Waals surface area contributed by atoms with Crippen molar-refractivity contribution in [1.29, 1.82) is 0 Å². The van der Waals surface area contributed by atoms with Crippen LogP contribution in [-0.2, 0) is 13.2 Å². The SMILES string of the molecule is OCc1cccc(Oc2ccncc2CO)c1. The quantitative estimate of drug-likeness (QED) is 0.843. The predicted molar refractivity (Wildman–Crippen MR) is 62.6 cm³/mol. The molecule has 2 rings (SSSR count). The van der Waals surface area contributed by atoms with Gasteiger partial charge in [0.2, 0.25) is 0 Å². The van der Waals surface area contributed by atoms with E-state index in [4.69, 9.17) is 14.9 Å². The van der Waals surface area contributed by atoms with Crippen LogP contribution in [0.1, 0.15) is 11.1 Å². The van der Waals surface area contributed by atoms with Gasteiger partial charge in [-0.2, -0.15) is 0 Å². The summed E-state index contributed by atoms with van der Waals surface area (Å²) in [6.45, 7) is -0.150. The molecule has 2 aromatic rings. The van der Waals surface area contributed by atoms with Crippen molar-refractivity contribution in [2.45, 2.75) is 13.2 Å². The lowest BCUT2D eigenvalue weighted by atomic mass is 10.2. The first-order chi connectivity index (χ1) is 8.33. The zero-order valence-corrected chi connectivity index (χ0v) is 9.21. The number of rotatable bonds is 4. The molecule has 0 saturated carbocycles. The Kier molecular flexibility index (Phi) is 3.69. The van der Waals surface area contributed by atoms with E-state index in [1.807, 2.05) is 6.07 Å². The number of pyridine rings is 1. The van der Waals surface area contributed by atoms with E-state index in [1.54, 1.807) is 36.7 Å². The Bertz CT molecular complexity index is 500. The van der Waals surface area contributed by atoms with Crippen molar-refractivity contribution in [3.8, 4) is 11.5 Å². The lowest BCUT2D eigenvalue weighted by molar-refractivity contribution is 0.275. The summed E-state index contributed by atoms with van der Waals surface area (Å²) >= 11 is 0. The van der Waals surface area contributed by atoms with Crippen LogP contribution in [-0.4, -0.2) is 15.2 Å². The van der Waals surface area contributed by atoms with E-state index in [-0.39, 0.29) is 13.2 Å². The Morgan fingerprint density at radius 1 is 1.12 bits per heavy atom. The van der Waals surface area contributed by atoms with Crippen LogP contribution < -0.4 is 4.74 Å². The van der Waals surface area contributed by atoms with Crippen molar-refractivity contribution in [3.63, 3.8) is 0 Å². The maximum Gasteiger partial charge on any atom is 0.136 e. The number of hydrogen-bond acceptors (Lipinski definition) is 4. The van der Waals surface area contributed by atoms with E-state index < -0.39 is 0 Å². The fourth-order valence-corrected chi connectivity index (χ4v) is 1.47. The van der Waals surface area contributed by atoms with Crippen molar-refractivity contribution in [1.82, 2.24) is 4.98 Å². The van der Waals surface area contributed by atoms with Crippen molar-refractivity contribution in [2.24, 2.45) is 0 Å². The predicted octanol–water partition coefficient (Wildman–Crippen LogP) is 1.86. The van der Waals surface area contributed by atoms with E-state index in [0.29, 0.717) is 17.1 Å². The summed E-state index contributed by atoms with van der Waals surface area (Å²) in [7, 11) is 0. The Morgan fingerprint density at radius 3 is 2.76 bits per heavy atom. The molecule has 0 amide bonds. The smallest absolute Gasteiger partial charge is 0.136 e.